The number of hydrogen-bond donors (Lipinski definition) is 1. The third kappa shape index (κ3) is 5.52. The molecule has 1 aliphatic rings. The first-order valence-corrected chi connectivity index (χ1v) is 10.1. The van der Waals surface area contributed by atoms with Crippen LogP contribution < -0.4 is 14.2 Å². The lowest BCUT2D eigenvalue weighted by molar-refractivity contribution is -0.150. The molecule has 1 N–H and O–H groups in total. The van der Waals surface area contributed by atoms with Crippen molar-refractivity contribution in [1.29, 1.82) is 0 Å². The fraction of sp³-hybridized carbons (Fsp3) is 0.636. The fourth-order valence-electron chi connectivity index (χ4n) is 3.59. The van der Waals surface area contributed by atoms with Crippen molar-refractivity contribution in [3.05, 3.63) is 17.7 Å². The first-order chi connectivity index (χ1) is 14.4. The molecular weight excluding hydrogens is 406 g/mol. The van der Waals surface area contributed by atoms with Gasteiger partial charge in [0.1, 0.15) is 22.8 Å². The van der Waals surface area contributed by atoms with Gasteiger partial charge >= 0.3 is 12.1 Å². The predicted octanol–water partition coefficient (Wildman–Crippen LogP) is 3.85. The van der Waals surface area contributed by atoms with Crippen molar-refractivity contribution < 1.29 is 38.4 Å². The van der Waals surface area contributed by atoms with Gasteiger partial charge in [0, 0.05) is 12.1 Å². The molecule has 1 saturated heterocycles. The van der Waals surface area contributed by atoms with E-state index in [-0.39, 0.29) is 5.92 Å². The molecule has 0 spiro atoms. The summed E-state index contributed by atoms with van der Waals surface area (Å²) in [6.45, 7) is 9.15. The van der Waals surface area contributed by atoms with Crippen LogP contribution in [-0.2, 0) is 14.3 Å². The molecule has 9 nitrogen and oxygen atoms in total. The van der Waals surface area contributed by atoms with E-state index in [0.717, 1.165) is 0 Å². The minimum atomic E-state index is -1.24. The Bertz CT molecular complexity index is 776. The Morgan fingerprint density at radius 2 is 1.65 bits per heavy atom. The molecule has 0 bridgehead atoms. The van der Waals surface area contributed by atoms with Crippen molar-refractivity contribution in [1.82, 2.24) is 4.90 Å². The number of carboxylic acid groups (broad SMARTS) is 1. The second-order valence-electron chi connectivity index (χ2n) is 8.78. The normalized spacial score (nSPS) is 21.2. The van der Waals surface area contributed by atoms with Gasteiger partial charge in [0.15, 0.2) is 12.3 Å². The van der Waals surface area contributed by atoms with Crippen LogP contribution in [0.3, 0.4) is 0 Å². The topological polar surface area (TPSA) is 104 Å². The molecule has 1 aliphatic heterocycles. The molecule has 0 aromatic heterocycles. The molecule has 0 radical (unpaired) electrons. The lowest BCUT2D eigenvalue weighted by Gasteiger charge is -2.32. The third-order valence-electron chi connectivity index (χ3n) is 4.80. The molecule has 0 saturated carbocycles. The summed E-state index contributed by atoms with van der Waals surface area (Å²) in [4.78, 5) is 26.6. The van der Waals surface area contributed by atoms with E-state index >= 15 is 0 Å². The zero-order valence-corrected chi connectivity index (χ0v) is 19.4. The summed E-state index contributed by atoms with van der Waals surface area (Å²) in [7, 11) is 4.43. The smallest absolute Gasteiger partial charge is 0.413 e. The lowest BCUT2D eigenvalue weighted by Crippen LogP contribution is -2.45. The minimum Gasteiger partial charge on any atom is -0.496 e. The Morgan fingerprint density at radius 3 is 2.03 bits per heavy atom. The number of aliphatic carboxylic acids is 1. The molecule has 31 heavy (non-hydrogen) atoms. The van der Waals surface area contributed by atoms with Crippen molar-refractivity contribution in [3.8, 4) is 17.2 Å². The van der Waals surface area contributed by atoms with Gasteiger partial charge in [-0.3, -0.25) is 4.90 Å². The SMILES string of the molecule is COc1cc(OC)c(C2O[C@@H](C(=O)O)[C@H](CC(C)C)N2C(=O)OC(C)(C)C)c(OC)c1. The maximum absolute atomic E-state index is 13.3. The van der Waals surface area contributed by atoms with Crippen LogP contribution in [0.4, 0.5) is 4.79 Å². The van der Waals surface area contributed by atoms with Crippen molar-refractivity contribution in [2.45, 2.75) is 65.0 Å². The molecule has 1 fully saturated rings. The Kier molecular flexibility index (Phi) is 7.64. The number of carbonyl (C=O) groups excluding carboxylic acids is 1. The van der Waals surface area contributed by atoms with E-state index in [4.69, 9.17) is 23.7 Å². The van der Waals surface area contributed by atoms with Gasteiger partial charge in [0.2, 0.25) is 0 Å². The Labute approximate surface area is 183 Å². The van der Waals surface area contributed by atoms with Crippen LogP contribution in [0.1, 0.15) is 52.8 Å². The Hall–Kier alpha value is -2.68. The van der Waals surface area contributed by atoms with Crippen molar-refractivity contribution in [2.75, 3.05) is 21.3 Å². The zero-order valence-electron chi connectivity index (χ0n) is 19.4. The summed E-state index contributed by atoms with van der Waals surface area (Å²) in [5.41, 5.74) is -0.395. The first kappa shape index (κ1) is 24.6. The minimum absolute atomic E-state index is 0.110. The number of ether oxygens (including phenoxy) is 5. The number of carboxylic acids is 1. The number of methoxy groups -OCH3 is 3. The zero-order chi connectivity index (χ0) is 23.5. The molecule has 1 amide bonds. The predicted molar refractivity (Wildman–Crippen MR) is 113 cm³/mol. The van der Waals surface area contributed by atoms with E-state index in [9.17, 15) is 14.7 Å². The van der Waals surface area contributed by atoms with Crippen molar-refractivity contribution >= 4 is 12.1 Å². The maximum Gasteiger partial charge on any atom is 0.413 e. The second kappa shape index (κ2) is 9.64. The molecule has 1 aromatic carbocycles. The molecule has 3 atom stereocenters. The van der Waals surface area contributed by atoms with Gasteiger partial charge in [-0.25, -0.2) is 9.59 Å². The lowest BCUT2D eigenvalue weighted by atomic mass is 9.98. The van der Waals surface area contributed by atoms with Gasteiger partial charge < -0.3 is 28.8 Å². The third-order valence-corrected chi connectivity index (χ3v) is 4.80. The van der Waals surface area contributed by atoms with Crippen LogP contribution in [-0.4, -0.2) is 61.1 Å². The highest BCUT2D eigenvalue weighted by Gasteiger charge is 2.52. The Morgan fingerprint density at radius 1 is 1.10 bits per heavy atom. The fourth-order valence-corrected chi connectivity index (χ4v) is 3.59. The van der Waals surface area contributed by atoms with Gasteiger partial charge in [0.05, 0.1) is 32.9 Å². The molecule has 9 heteroatoms. The molecule has 1 aromatic rings. The molecule has 0 aliphatic carbocycles. The van der Waals surface area contributed by atoms with E-state index in [1.165, 1.54) is 26.2 Å². The molecule has 174 valence electrons. The van der Waals surface area contributed by atoms with Crippen LogP contribution in [0.5, 0.6) is 17.2 Å². The average molecular weight is 440 g/mol. The summed E-state index contributed by atoms with van der Waals surface area (Å²) >= 11 is 0. The monoisotopic (exact) mass is 439 g/mol. The maximum atomic E-state index is 13.3. The number of nitrogens with zero attached hydrogens (tertiary/aromatic N) is 1. The second-order valence-corrected chi connectivity index (χ2v) is 8.78. The highest BCUT2D eigenvalue weighted by Crippen LogP contribution is 2.47. The number of hydrogen-bond acceptors (Lipinski definition) is 7. The number of benzene rings is 1. The molecule has 1 unspecified atom stereocenters. The Balaban J connectivity index is 2.67. The number of carbonyl (C=O) groups is 2. The van der Waals surface area contributed by atoms with Crippen LogP contribution >= 0.6 is 0 Å². The van der Waals surface area contributed by atoms with E-state index in [1.54, 1.807) is 32.9 Å². The van der Waals surface area contributed by atoms with E-state index in [2.05, 4.69) is 0 Å². The van der Waals surface area contributed by atoms with Gasteiger partial charge in [-0.2, -0.15) is 0 Å². The highest BCUT2D eigenvalue weighted by atomic mass is 16.6. The molecule has 1 heterocycles. The van der Waals surface area contributed by atoms with E-state index in [1.807, 2.05) is 13.8 Å². The average Bonchev–Trinajstić information content (AvgIpc) is 3.03. The standard InChI is InChI=1S/C22H33NO8/c1-12(2)9-14-18(20(24)25)30-19(23(14)21(26)31-22(3,4)5)17-15(28-7)10-13(27-6)11-16(17)29-8/h10-12,14,18-19H,9H2,1-8H3,(H,24,25)/t14-,18+,19?/m0/s1. The number of amides is 1. The van der Waals surface area contributed by atoms with Crippen LogP contribution in [0.25, 0.3) is 0 Å². The summed E-state index contributed by atoms with van der Waals surface area (Å²) in [6, 6.07) is 2.51. The van der Waals surface area contributed by atoms with Gasteiger partial charge in [0.25, 0.3) is 0 Å². The molecule has 2 rings (SSSR count). The summed E-state index contributed by atoms with van der Waals surface area (Å²) in [6.07, 6.45) is -2.59. The van der Waals surface area contributed by atoms with Crippen LogP contribution in [0, 0.1) is 5.92 Å². The highest BCUT2D eigenvalue weighted by molar-refractivity contribution is 5.77. The van der Waals surface area contributed by atoms with Gasteiger partial charge in [-0.05, 0) is 33.1 Å². The summed E-state index contributed by atoms with van der Waals surface area (Å²) in [5.74, 6) is 0.105. The largest absolute Gasteiger partial charge is 0.496 e. The number of rotatable bonds is 7. The van der Waals surface area contributed by atoms with E-state index < -0.39 is 36.0 Å². The van der Waals surface area contributed by atoms with Crippen molar-refractivity contribution in [3.63, 3.8) is 0 Å². The van der Waals surface area contributed by atoms with Gasteiger partial charge in [-0.15, -0.1) is 0 Å². The van der Waals surface area contributed by atoms with Crippen molar-refractivity contribution in [2.24, 2.45) is 5.92 Å². The molecular formula is C22H33NO8. The summed E-state index contributed by atoms with van der Waals surface area (Å²) in [5, 5.41) is 9.84. The van der Waals surface area contributed by atoms with Crippen LogP contribution in [0.2, 0.25) is 0 Å². The van der Waals surface area contributed by atoms with Crippen LogP contribution in [0.15, 0.2) is 12.1 Å². The van der Waals surface area contributed by atoms with E-state index in [0.29, 0.717) is 29.2 Å². The first-order valence-electron chi connectivity index (χ1n) is 10.1. The van der Waals surface area contributed by atoms with Gasteiger partial charge in [-0.1, -0.05) is 13.8 Å². The quantitative estimate of drug-likeness (QED) is 0.683. The summed E-state index contributed by atoms with van der Waals surface area (Å²) < 4.78 is 27.9.